The van der Waals surface area contributed by atoms with E-state index in [0.29, 0.717) is 18.3 Å². The zero-order valence-electron chi connectivity index (χ0n) is 25.3. The fourth-order valence-electron chi connectivity index (χ4n) is 4.33. The van der Waals surface area contributed by atoms with E-state index < -0.39 is 26.1 Å². The predicted octanol–water partition coefficient (Wildman–Crippen LogP) is 8.54. The number of carbonyl (C=O) groups is 1. The molecule has 1 N–H and O–H groups in total. The van der Waals surface area contributed by atoms with Crippen LogP contribution in [0.3, 0.4) is 0 Å². The first-order valence-corrected chi connectivity index (χ1v) is 17.7. The molecule has 0 aromatic rings. The van der Waals surface area contributed by atoms with Gasteiger partial charge in [0.05, 0.1) is 18.8 Å². The number of hydrogen-bond acceptors (Lipinski definition) is 7. The third-order valence-corrected chi connectivity index (χ3v) is 9.03. The molecule has 4 atom stereocenters. The molecule has 0 aromatic carbocycles. The van der Waals surface area contributed by atoms with E-state index in [9.17, 15) is 14.5 Å². The largest absolute Gasteiger partial charge is 0.459 e. The predicted molar refractivity (Wildman–Crippen MR) is 164 cm³/mol. The second kappa shape index (κ2) is 25.9. The molecule has 0 fully saturated rings. The molecule has 0 rings (SSSR count). The summed E-state index contributed by atoms with van der Waals surface area (Å²) >= 11 is 2.06. The normalized spacial score (nSPS) is 15.2. The maximum absolute atomic E-state index is 12.0. The number of rotatable bonds is 28. The van der Waals surface area contributed by atoms with Crippen molar-refractivity contribution in [2.45, 2.75) is 167 Å². The van der Waals surface area contributed by atoms with Gasteiger partial charge in [0.15, 0.2) is 0 Å². The van der Waals surface area contributed by atoms with Gasteiger partial charge in [0, 0.05) is 11.9 Å². The van der Waals surface area contributed by atoms with Gasteiger partial charge >= 0.3 is 11.5 Å². The van der Waals surface area contributed by atoms with Crippen molar-refractivity contribution in [1.82, 2.24) is 0 Å². The van der Waals surface area contributed by atoms with Gasteiger partial charge in [-0.1, -0.05) is 104 Å². The summed E-state index contributed by atoms with van der Waals surface area (Å²) in [4.78, 5) is 12.0. The highest BCUT2D eigenvalue weighted by molar-refractivity contribution is 7.99. The number of hydrogen-bond donors (Lipinski definition) is 1. The third-order valence-electron chi connectivity index (χ3n) is 6.73. The smallest absolute Gasteiger partial charge is 0.374 e. The van der Waals surface area contributed by atoms with Crippen LogP contribution in [0.15, 0.2) is 0 Å². The van der Waals surface area contributed by atoms with Crippen molar-refractivity contribution in [3.8, 4) is 0 Å². The number of ether oxygens (including phenoxy) is 3. The summed E-state index contributed by atoms with van der Waals surface area (Å²) in [5.41, 5.74) is -2.35. The van der Waals surface area contributed by atoms with Crippen LogP contribution in [0.5, 0.6) is 0 Å². The Morgan fingerprint density at radius 1 is 0.789 bits per heavy atom. The van der Waals surface area contributed by atoms with Crippen molar-refractivity contribution in [2.75, 3.05) is 19.0 Å². The topological polar surface area (TPSA) is 82.1 Å². The van der Waals surface area contributed by atoms with E-state index in [1.807, 2.05) is 0 Å². The fourth-order valence-corrected chi connectivity index (χ4v) is 6.04. The Morgan fingerprint density at radius 2 is 1.32 bits per heavy atom. The maximum Gasteiger partial charge on any atom is 0.374 e. The van der Waals surface area contributed by atoms with Gasteiger partial charge in [-0.3, -0.25) is 0 Å². The summed E-state index contributed by atoms with van der Waals surface area (Å²) < 4.78 is 27.8. The summed E-state index contributed by atoms with van der Waals surface area (Å²) in [6, 6.07) is 0. The molecule has 8 heteroatoms. The van der Waals surface area contributed by atoms with E-state index in [2.05, 4.69) is 32.5 Å². The lowest BCUT2D eigenvalue weighted by Gasteiger charge is -2.25. The summed E-state index contributed by atoms with van der Waals surface area (Å²) in [5.74, 6) is 0.197. The average molecular weight is 581 g/mol. The van der Waals surface area contributed by atoms with Crippen LogP contribution in [-0.2, 0) is 23.6 Å². The van der Waals surface area contributed by atoms with Crippen LogP contribution in [0.2, 0.25) is 0 Å². The molecule has 0 amide bonds. The second-order valence-corrected chi connectivity index (χ2v) is 13.2. The van der Waals surface area contributed by atoms with Gasteiger partial charge in [0.2, 0.25) is 0 Å². The first kappa shape index (κ1) is 37.9. The molecule has 0 aliphatic rings. The lowest BCUT2D eigenvalue weighted by Crippen LogP contribution is -2.39. The Kier molecular flexibility index (Phi) is 25.8. The van der Waals surface area contributed by atoms with Crippen molar-refractivity contribution in [3.63, 3.8) is 0 Å². The second-order valence-electron chi connectivity index (χ2n) is 10.8. The molecule has 0 aliphatic heterocycles. The fraction of sp³-hybridized carbons (Fsp3) is 0.967. The van der Waals surface area contributed by atoms with E-state index in [-0.39, 0.29) is 12.7 Å². The lowest BCUT2D eigenvalue weighted by atomic mass is 10.1. The maximum atomic E-state index is 12.0. The molecule has 0 heterocycles. The summed E-state index contributed by atoms with van der Waals surface area (Å²) in [7, 11) is -1.88. The van der Waals surface area contributed by atoms with Gasteiger partial charge in [-0.2, -0.15) is 11.8 Å². The van der Waals surface area contributed by atoms with Gasteiger partial charge in [-0.15, -0.1) is 0 Å². The Balaban J connectivity index is 4.31. The van der Waals surface area contributed by atoms with Crippen LogP contribution in [0, 0.1) is 0 Å². The van der Waals surface area contributed by atoms with Gasteiger partial charge in [0.1, 0.15) is 8.46 Å². The van der Waals surface area contributed by atoms with Crippen molar-refractivity contribution < 1.29 is 28.7 Å². The Bertz CT molecular complexity index is 565. The molecule has 0 aliphatic carbocycles. The molecule has 0 saturated carbocycles. The third kappa shape index (κ3) is 20.8. The highest BCUT2D eigenvalue weighted by atomic mass is 32.2. The first-order valence-electron chi connectivity index (χ1n) is 15.6. The van der Waals surface area contributed by atoms with E-state index in [1.54, 1.807) is 13.8 Å². The zero-order valence-corrected chi connectivity index (χ0v) is 27.3. The van der Waals surface area contributed by atoms with E-state index in [0.717, 1.165) is 0 Å². The first-order chi connectivity index (χ1) is 18.3. The van der Waals surface area contributed by atoms with Crippen molar-refractivity contribution in [1.29, 1.82) is 0 Å². The van der Waals surface area contributed by atoms with Crippen molar-refractivity contribution in [2.24, 2.45) is 0 Å². The van der Waals surface area contributed by atoms with Crippen molar-refractivity contribution in [3.05, 3.63) is 0 Å². The Hall–Kier alpha value is -0.0700. The molecular formula is C30H61O6PS. The number of thioether (sulfide) groups is 1. The van der Waals surface area contributed by atoms with Crippen LogP contribution in [0.1, 0.15) is 144 Å². The quantitative estimate of drug-likeness (QED) is 0.0430. The van der Waals surface area contributed by atoms with Crippen LogP contribution in [-0.4, -0.2) is 53.0 Å². The number of esters is 1. The van der Waals surface area contributed by atoms with Crippen LogP contribution >= 0.6 is 20.2 Å². The number of unbranched alkanes of at least 4 members (excludes halogenated alkanes) is 13. The standard InChI is InChI=1S/C30H61O6PS/c1-6-8-10-12-13-14-15-16-18-20-25-38-28(22-19-17-11-9-7-2)27(5)34-23-21-24-35-30(32,37-33)29(31)36-26(3)4/h26-28,32H,6-25,37H2,1-5H3. The number of carbonyl (C=O) groups excluding carboxylic acids is 1. The molecule has 0 radical (unpaired) electrons. The van der Waals surface area contributed by atoms with Crippen molar-refractivity contribution >= 4 is 26.2 Å². The molecule has 38 heavy (non-hydrogen) atoms. The van der Waals surface area contributed by atoms with E-state index in [1.165, 1.54) is 108 Å². The molecule has 6 nitrogen and oxygen atoms in total. The highest BCUT2D eigenvalue weighted by Crippen LogP contribution is 2.26. The molecular weight excluding hydrogens is 519 g/mol. The minimum atomic E-state index is -2.35. The van der Waals surface area contributed by atoms with Gasteiger partial charge in [0.25, 0.3) is 0 Å². The average Bonchev–Trinajstić information content (AvgIpc) is 2.89. The van der Waals surface area contributed by atoms with Gasteiger partial charge < -0.3 is 23.9 Å². The minimum Gasteiger partial charge on any atom is -0.459 e. The summed E-state index contributed by atoms with van der Waals surface area (Å²) in [5, 5.41) is 10.7. The monoisotopic (exact) mass is 580 g/mol. The lowest BCUT2D eigenvalue weighted by molar-refractivity contribution is -0.199. The van der Waals surface area contributed by atoms with Crippen LogP contribution in [0.4, 0.5) is 0 Å². The Labute approximate surface area is 240 Å². The molecule has 228 valence electrons. The van der Waals surface area contributed by atoms with E-state index in [4.69, 9.17) is 14.2 Å². The molecule has 0 aromatic heterocycles. The van der Waals surface area contributed by atoms with Crippen LogP contribution < -0.4 is 0 Å². The van der Waals surface area contributed by atoms with E-state index >= 15 is 0 Å². The SMILES string of the molecule is CCCCCCCCCCCCSC(CCCCCCC)C(C)OCCCOC(O)([PH2]=O)C(=O)OC(C)C. The number of aliphatic hydroxyl groups is 1. The highest BCUT2D eigenvalue weighted by Gasteiger charge is 2.38. The molecule has 0 spiro atoms. The summed E-state index contributed by atoms with van der Waals surface area (Å²) in [6.45, 7) is 10.6. The Morgan fingerprint density at radius 3 is 1.84 bits per heavy atom. The molecule has 4 unspecified atom stereocenters. The van der Waals surface area contributed by atoms with Crippen LogP contribution in [0.25, 0.3) is 0 Å². The molecule has 0 saturated heterocycles. The van der Waals surface area contributed by atoms with Gasteiger partial charge in [-0.05, 0) is 45.8 Å². The zero-order chi connectivity index (χ0) is 28.5. The molecule has 0 bridgehead atoms. The summed E-state index contributed by atoms with van der Waals surface area (Å²) in [6.07, 6.45) is 21.4. The van der Waals surface area contributed by atoms with Gasteiger partial charge in [-0.25, -0.2) is 4.79 Å². The minimum absolute atomic E-state index is 0.0824.